The molecule has 1 aromatic carbocycles. The highest BCUT2D eigenvalue weighted by Crippen LogP contribution is 2.24. The Labute approximate surface area is 139 Å². The van der Waals surface area contributed by atoms with E-state index in [0.29, 0.717) is 13.2 Å². The quantitative estimate of drug-likeness (QED) is 0.757. The van der Waals surface area contributed by atoms with Gasteiger partial charge in [0.25, 0.3) is 0 Å². The first-order valence-corrected chi connectivity index (χ1v) is 7.86. The SMILES string of the molecule is CC(OCCCNC(=O)C1CCC(N)C1)c1ccccc1.Cl. The van der Waals surface area contributed by atoms with Crippen LogP contribution in [0.25, 0.3) is 0 Å². The molecule has 0 heterocycles. The third kappa shape index (κ3) is 5.95. The van der Waals surface area contributed by atoms with E-state index >= 15 is 0 Å². The molecule has 5 heteroatoms. The number of halogens is 1. The summed E-state index contributed by atoms with van der Waals surface area (Å²) in [5.74, 6) is 0.267. The second-order valence-corrected chi connectivity index (χ2v) is 5.84. The molecule has 1 amide bonds. The molecule has 22 heavy (non-hydrogen) atoms. The maximum absolute atomic E-state index is 11.9. The van der Waals surface area contributed by atoms with Crippen LogP contribution in [0.3, 0.4) is 0 Å². The highest BCUT2D eigenvalue weighted by Gasteiger charge is 2.27. The number of nitrogens with two attached hydrogens (primary N) is 1. The number of rotatable bonds is 7. The number of carbonyl (C=O) groups excluding carboxylic acids is 1. The van der Waals surface area contributed by atoms with Crippen molar-refractivity contribution in [2.24, 2.45) is 11.7 Å². The summed E-state index contributed by atoms with van der Waals surface area (Å²) in [6.45, 7) is 3.38. The summed E-state index contributed by atoms with van der Waals surface area (Å²) in [5.41, 5.74) is 7.01. The second kappa shape index (κ2) is 9.82. The smallest absolute Gasteiger partial charge is 0.223 e. The molecule has 1 aliphatic carbocycles. The van der Waals surface area contributed by atoms with Crippen LogP contribution in [-0.2, 0) is 9.53 Å². The molecule has 0 saturated heterocycles. The summed E-state index contributed by atoms with van der Waals surface area (Å²) in [7, 11) is 0. The average Bonchev–Trinajstić information content (AvgIpc) is 2.94. The van der Waals surface area contributed by atoms with E-state index in [9.17, 15) is 4.79 Å². The summed E-state index contributed by atoms with van der Waals surface area (Å²) in [6.07, 6.45) is 3.65. The van der Waals surface area contributed by atoms with E-state index in [0.717, 1.165) is 25.7 Å². The lowest BCUT2D eigenvalue weighted by molar-refractivity contribution is -0.124. The van der Waals surface area contributed by atoms with E-state index < -0.39 is 0 Å². The Morgan fingerprint density at radius 3 is 2.73 bits per heavy atom. The predicted octanol–water partition coefficient (Wildman–Crippen LogP) is 2.82. The Hall–Kier alpha value is -1.10. The predicted molar refractivity (Wildman–Crippen MR) is 91.0 cm³/mol. The van der Waals surface area contributed by atoms with E-state index in [4.69, 9.17) is 10.5 Å². The number of ether oxygens (including phenoxy) is 1. The first-order valence-electron chi connectivity index (χ1n) is 7.86. The zero-order chi connectivity index (χ0) is 15.1. The fourth-order valence-electron chi connectivity index (χ4n) is 2.76. The van der Waals surface area contributed by atoms with Gasteiger partial charge in [-0.05, 0) is 38.2 Å². The molecular weight excluding hydrogens is 300 g/mol. The molecule has 1 aromatic rings. The molecule has 1 saturated carbocycles. The van der Waals surface area contributed by atoms with E-state index in [1.807, 2.05) is 25.1 Å². The lowest BCUT2D eigenvalue weighted by Crippen LogP contribution is -2.31. The molecule has 0 radical (unpaired) electrons. The molecule has 4 nitrogen and oxygen atoms in total. The van der Waals surface area contributed by atoms with Crippen LogP contribution in [0, 0.1) is 5.92 Å². The Bertz CT molecular complexity index is 442. The third-order valence-corrected chi connectivity index (χ3v) is 4.10. The molecule has 0 spiro atoms. The van der Waals surface area contributed by atoms with Crippen molar-refractivity contribution in [3.63, 3.8) is 0 Å². The van der Waals surface area contributed by atoms with Crippen molar-refractivity contribution < 1.29 is 9.53 Å². The monoisotopic (exact) mass is 326 g/mol. The maximum atomic E-state index is 11.9. The zero-order valence-corrected chi connectivity index (χ0v) is 14.0. The van der Waals surface area contributed by atoms with E-state index in [1.165, 1.54) is 5.56 Å². The molecule has 3 atom stereocenters. The van der Waals surface area contributed by atoms with Gasteiger partial charge < -0.3 is 15.8 Å². The van der Waals surface area contributed by atoms with Gasteiger partial charge >= 0.3 is 0 Å². The van der Waals surface area contributed by atoms with Crippen LogP contribution in [0.4, 0.5) is 0 Å². The number of benzene rings is 1. The molecule has 1 aliphatic rings. The van der Waals surface area contributed by atoms with Gasteiger partial charge in [-0.25, -0.2) is 0 Å². The number of hydrogen-bond acceptors (Lipinski definition) is 3. The number of nitrogens with one attached hydrogen (secondary N) is 1. The molecule has 3 unspecified atom stereocenters. The number of amides is 1. The van der Waals surface area contributed by atoms with Crippen molar-refractivity contribution >= 4 is 18.3 Å². The van der Waals surface area contributed by atoms with Gasteiger partial charge in [0.2, 0.25) is 5.91 Å². The molecule has 0 aliphatic heterocycles. The first kappa shape index (κ1) is 18.9. The fourth-order valence-corrected chi connectivity index (χ4v) is 2.76. The number of hydrogen-bond donors (Lipinski definition) is 2. The van der Waals surface area contributed by atoms with Crippen molar-refractivity contribution in [1.82, 2.24) is 5.32 Å². The van der Waals surface area contributed by atoms with Gasteiger partial charge in [-0.1, -0.05) is 30.3 Å². The minimum absolute atomic E-state index is 0. The lowest BCUT2D eigenvalue weighted by atomic mass is 10.1. The molecule has 124 valence electrons. The highest BCUT2D eigenvalue weighted by molar-refractivity contribution is 5.85. The van der Waals surface area contributed by atoms with Crippen molar-refractivity contribution in [2.75, 3.05) is 13.2 Å². The largest absolute Gasteiger partial charge is 0.374 e. The Morgan fingerprint density at radius 1 is 1.36 bits per heavy atom. The average molecular weight is 327 g/mol. The van der Waals surface area contributed by atoms with Crippen molar-refractivity contribution in [1.29, 1.82) is 0 Å². The minimum atomic E-state index is 0. The van der Waals surface area contributed by atoms with Gasteiger partial charge in [0, 0.05) is 25.1 Å². The summed E-state index contributed by atoms with van der Waals surface area (Å²) in [5, 5.41) is 2.98. The summed E-state index contributed by atoms with van der Waals surface area (Å²) < 4.78 is 5.78. The van der Waals surface area contributed by atoms with Crippen molar-refractivity contribution in [3.8, 4) is 0 Å². The van der Waals surface area contributed by atoms with Crippen LogP contribution in [-0.4, -0.2) is 25.1 Å². The molecule has 0 bridgehead atoms. The summed E-state index contributed by atoms with van der Waals surface area (Å²) in [4.78, 5) is 11.9. The third-order valence-electron chi connectivity index (χ3n) is 4.10. The van der Waals surface area contributed by atoms with Gasteiger partial charge in [0.15, 0.2) is 0 Å². The Morgan fingerprint density at radius 2 is 2.09 bits per heavy atom. The van der Waals surface area contributed by atoms with Crippen LogP contribution in [0.2, 0.25) is 0 Å². The van der Waals surface area contributed by atoms with Crippen molar-refractivity contribution in [2.45, 2.75) is 44.8 Å². The van der Waals surface area contributed by atoms with Crippen LogP contribution < -0.4 is 11.1 Å². The molecule has 1 fully saturated rings. The summed E-state index contributed by atoms with van der Waals surface area (Å²) >= 11 is 0. The minimum Gasteiger partial charge on any atom is -0.374 e. The first-order chi connectivity index (χ1) is 10.2. The zero-order valence-electron chi connectivity index (χ0n) is 13.2. The lowest BCUT2D eigenvalue weighted by Gasteiger charge is -2.14. The normalized spacial score (nSPS) is 21.9. The molecule has 2 rings (SSSR count). The van der Waals surface area contributed by atoms with Gasteiger partial charge in [-0.3, -0.25) is 4.79 Å². The van der Waals surface area contributed by atoms with Gasteiger partial charge in [-0.2, -0.15) is 0 Å². The topological polar surface area (TPSA) is 64.3 Å². The summed E-state index contributed by atoms with van der Waals surface area (Å²) in [6, 6.07) is 10.4. The van der Waals surface area contributed by atoms with Gasteiger partial charge in [0.1, 0.15) is 0 Å². The van der Waals surface area contributed by atoms with E-state index in [-0.39, 0.29) is 36.4 Å². The van der Waals surface area contributed by atoms with E-state index in [2.05, 4.69) is 17.4 Å². The van der Waals surface area contributed by atoms with Gasteiger partial charge in [-0.15, -0.1) is 12.4 Å². The molecule has 0 aromatic heterocycles. The van der Waals surface area contributed by atoms with Crippen LogP contribution in [0.5, 0.6) is 0 Å². The Kier molecular flexibility index (Phi) is 8.46. The number of carbonyl (C=O) groups is 1. The maximum Gasteiger partial charge on any atom is 0.223 e. The molecular formula is C17H27ClN2O2. The van der Waals surface area contributed by atoms with E-state index in [1.54, 1.807) is 0 Å². The standard InChI is InChI=1S/C17H26N2O2.ClH/c1-13(14-6-3-2-4-7-14)21-11-5-10-19-17(20)15-8-9-16(18)12-15;/h2-4,6-7,13,15-16H,5,8-12,18H2,1H3,(H,19,20);1H. The van der Waals surface area contributed by atoms with Gasteiger partial charge in [0.05, 0.1) is 6.10 Å². The highest BCUT2D eigenvalue weighted by atomic mass is 35.5. The Balaban J connectivity index is 0.00000242. The molecule has 3 N–H and O–H groups in total. The second-order valence-electron chi connectivity index (χ2n) is 5.84. The fraction of sp³-hybridized carbons (Fsp3) is 0.588. The van der Waals surface area contributed by atoms with Crippen molar-refractivity contribution in [3.05, 3.63) is 35.9 Å². The van der Waals surface area contributed by atoms with Crippen LogP contribution in [0.1, 0.15) is 44.3 Å². The van der Waals surface area contributed by atoms with Crippen LogP contribution >= 0.6 is 12.4 Å². The van der Waals surface area contributed by atoms with Crippen LogP contribution in [0.15, 0.2) is 30.3 Å².